The summed E-state index contributed by atoms with van der Waals surface area (Å²) >= 11 is 0. The molecular weight excluding hydrogens is 412 g/mol. The summed E-state index contributed by atoms with van der Waals surface area (Å²) in [6.07, 6.45) is 2.36. The number of hydrogen-bond donors (Lipinski definition) is 0. The molecule has 0 spiro atoms. The van der Waals surface area contributed by atoms with Gasteiger partial charge in [-0.2, -0.15) is 0 Å². The van der Waals surface area contributed by atoms with E-state index in [-0.39, 0.29) is 33.8 Å². The molecule has 0 heterocycles. The molecule has 0 saturated heterocycles. The highest BCUT2D eigenvalue weighted by Crippen LogP contribution is 2.35. The minimum absolute atomic E-state index is 0.228. The molecule has 0 unspecified atom stereocenters. The summed E-state index contributed by atoms with van der Waals surface area (Å²) < 4.78 is 0. The number of carbonyl (C=O) groups excluding carboxylic acids is 4. The smallest absolute Gasteiger partial charge is 0.194 e. The third-order valence-electron chi connectivity index (χ3n) is 6.04. The van der Waals surface area contributed by atoms with Crippen molar-refractivity contribution >= 4 is 24.1 Å². The molecule has 158 valence electrons. The lowest BCUT2D eigenvalue weighted by Crippen LogP contribution is -2.21. The first-order chi connectivity index (χ1) is 16.1. The van der Waals surface area contributed by atoms with Crippen LogP contribution < -0.4 is 0 Å². The molecule has 0 saturated carbocycles. The van der Waals surface area contributed by atoms with Gasteiger partial charge in [-0.3, -0.25) is 19.2 Å². The van der Waals surface area contributed by atoms with Crippen LogP contribution in [0.5, 0.6) is 0 Å². The third kappa shape index (κ3) is 3.52. The van der Waals surface area contributed by atoms with Gasteiger partial charge in [-0.1, -0.05) is 60.7 Å². The highest BCUT2D eigenvalue weighted by Gasteiger charge is 2.29. The summed E-state index contributed by atoms with van der Waals surface area (Å²) in [5.74, 6) is -0.619. The Balaban J connectivity index is 0.000000151. The van der Waals surface area contributed by atoms with Crippen molar-refractivity contribution in [2.45, 2.75) is 6.42 Å². The number of aldehydes is 2. The summed E-state index contributed by atoms with van der Waals surface area (Å²) in [4.78, 5) is 46.3. The van der Waals surface area contributed by atoms with Crippen molar-refractivity contribution in [3.05, 3.63) is 129 Å². The lowest BCUT2D eigenvalue weighted by Gasteiger charge is -2.17. The average Bonchev–Trinajstić information content (AvgIpc) is 3.26. The van der Waals surface area contributed by atoms with Gasteiger partial charge in [0, 0.05) is 33.4 Å². The fourth-order valence-electron chi connectivity index (χ4n) is 4.41. The molecule has 4 heteroatoms. The minimum atomic E-state index is -0.309. The SMILES string of the molecule is O=Cc1ccc2c(c1)C(=O)c1ccc(C=O)cc1C2=O.c1ccc2c(c1)Cc1ccccc1-2. The summed E-state index contributed by atoms with van der Waals surface area (Å²) in [5, 5.41) is 0. The fraction of sp³-hybridized carbons (Fsp3) is 0.0345. The zero-order valence-electron chi connectivity index (χ0n) is 17.6. The molecule has 0 bridgehead atoms. The molecule has 6 rings (SSSR count). The van der Waals surface area contributed by atoms with Gasteiger partial charge in [-0.25, -0.2) is 0 Å². The zero-order chi connectivity index (χ0) is 22.9. The van der Waals surface area contributed by atoms with E-state index in [2.05, 4.69) is 48.5 Å². The van der Waals surface area contributed by atoms with Gasteiger partial charge in [-0.05, 0) is 52.9 Å². The van der Waals surface area contributed by atoms with E-state index in [9.17, 15) is 19.2 Å². The standard InChI is InChI=1S/C16H8O4.C13H10/c17-7-9-1-3-11-13(5-9)16(20)12-4-2-10(8-18)6-14(12)15(11)19;1-3-7-12-10(5-1)9-11-6-2-4-8-13(11)12/h1-8H;1-8H,9H2. The summed E-state index contributed by atoms with van der Waals surface area (Å²) in [5.41, 5.74) is 7.42. The number of fused-ring (bicyclic) bond motifs is 5. The van der Waals surface area contributed by atoms with Gasteiger partial charge in [-0.15, -0.1) is 0 Å². The van der Waals surface area contributed by atoms with E-state index in [1.165, 1.54) is 58.7 Å². The lowest BCUT2D eigenvalue weighted by molar-refractivity contribution is 0.0978. The van der Waals surface area contributed by atoms with Crippen LogP contribution in [0.3, 0.4) is 0 Å². The van der Waals surface area contributed by atoms with Crippen LogP contribution in [-0.4, -0.2) is 24.1 Å². The van der Waals surface area contributed by atoms with Gasteiger partial charge in [0.15, 0.2) is 11.6 Å². The number of rotatable bonds is 2. The predicted octanol–water partition coefficient (Wildman–Crippen LogP) is 5.34. The second-order valence-electron chi connectivity index (χ2n) is 8.00. The van der Waals surface area contributed by atoms with E-state index < -0.39 is 0 Å². The molecule has 4 aromatic carbocycles. The van der Waals surface area contributed by atoms with Crippen LogP contribution in [0.25, 0.3) is 11.1 Å². The van der Waals surface area contributed by atoms with Gasteiger partial charge in [0.2, 0.25) is 0 Å². The second kappa shape index (κ2) is 8.24. The van der Waals surface area contributed by atoms with E-state index in [1.54, 1.807) is 0 Å². The Bertz CT molecular complexity index is 1350. The van der Waals surface area contributed by atoms with Crippen LogP contribution in [0.1, 0.15) is 63.7 Å². The third-order valence-corrected chi connectivity index (χ3v) is 6.04. The lowest BCUT2D eigenvalue weighted by atomic mass is 9.83. The van der Waals surface area contributed by atoms with Crippen LogP contribution >= 0.6 is 0 Å². The maximum atomic E-state index is 12.4. The fourth-order valence-corrected chi connectivity index (χ4v) is 4.41. The van der Waals surface area contributed by atoms with Gasteiger partial charge < -0.3 is 0 Å². The molecule has 4 nitrogen and oxygen atoms in total. The van der Waals surface area contributed by atoms with Crippen molar-refractivity contribution < 1.29 is 19.2 Å². The molecular formula is C29H18O4. The van der Waals surface area contributed by atoms with Crippen molar-refractivity contribution in [2.24, 2.45) is 0 Å². The molecule has 0 fully saturated rings. The molecule has 0 atom stereocenters. The van der Waals surface area contributed by atoms with Gasteiger partial charge in [0.05, 0.1) is 0 Å². The van der Waals surface area contributed by atoms with Crippen molar-refractivity contribution in [1.82, 2.24) is 0 Å². The number of ketones is 2. The van der Waals surface area contributed by atoms with E-state index in [0.717, 1.165) is 6.42 Å². The molecule has 2 aliphatic carbocycles. The Morgan fingerprint density at radius 2 is 0.909 bits per heavy atom. The molecule has 33 heavy (non-hydrogen) atoms. The summed E-state index contributed by atoms with van der Waals surface area (Å²) in [6.45, 7) is 0. The van der Waals surface area contributed by atoms with Crippen LogP contribution in [-0.2, 0) is 6.42 Å². The maximum Gasteiger partial charge on any atom is 0.194 e. The number of carbonyl (C=O) groups is 4. The Morgan fingerprint density at radius 1 is 0.485 bits per heavy atom. The van der Waals surface area contributed by atoms with Crippen LogP contribution in [0, 0.1) is 0 Å². The Hall–Kier alpha value is -4.44. The second-order valence-corrected chi connectivity index (χ2v) is 8.00. The highest BCUT2D eigenvalue weighted by molar-refractivity contribution is 6.28. The molecule has 0 amide bonds. The average molecular weight is 430 g/mol. The van der Waals surface area contributed by atoms with E-state index in [0.29, 0.717) is 23.7 Å². The van der Waals surface area contributed by atoms with Crippen molar-refractivity contribution in [1.29, 1.82) is 0 Å². The molecule has 0 radical (unpaired) electrons. The van der Waals surface area contributed by atoms with Crippen molar-refractivity contribution in [3.8, 4) is 11.1 Å². The monoisotopic (exact) mass is 430 g/mol. The predicted molar refractivity (Wildman–Crippen MR) is 125 cm³/mol. The van der Waals surface area contributed by atoms with E-state index >= 15 is 0 Å². The Kier molecular flexibility index (Phi) is 5.11. The number of benzene rings is 4. The van der Waals surface area contributed by atoms with Gasteiger partial charge >= 0.3 is 0 Å². The first kappa shape index (κ1) is 20.5. The Morgan fingerprint density at radius 3 is 1.33 bits per heavy atom. The van der Waals surface area contributed by atoms with Crippen molar-refractivity contribution in [3.63, 3.8) is 0 Å². The normalized spacial score (nSPS) is 12.5. The van der Waals surface area contributed by atoms with Crippen molar-refractivity contribution in [2.75, 3.05) is 0 Å². The first-order valence-corrected chi connectivity index (χ1v) is 10.5. The Labute approximate surface area is 190 Å². The summed E-state index contributed by atoms with van der Waals surface area (Å²) in [6, 6.07) is 26.1. The van der Waals surface area contributed by atoms with Crippen LogP contribution in [0.15, 0.2) is 84.9 Å². The molecule has 0 aromatic heterocycles. The van der Waals surface area contributed by atoms with Crippen LogP contribution in [0.2, 0.25) is 0 Å². The topological polar surface area (TPSA) is 68.3 Å². The number of hydrogen-bond acceptors (Lipinski definition) is 4. The molecule has 0 aliphatic heterocycles. The maximum absolute atomic E-state index is 12.4. The highest BCUT2D eigenvalue weighted by atomic mass is 16.1. The first-order valence-electron chi connectivity index (χ1n) is 10.5. The van der Waals surface area contributed by atoms with Gasteiger partial charge in [0.1, 0.15) is 12.6 Å². The molecule has 2 aliphatic rings. The van der Waals surface area contributed by atoms with E-state index in [4.69, 9.17) is 0 Å². The van der Waals surface area contributed by atoms with E-state index in [1.807, 2.05) is 0 Å². The van der Waals surface area contributed by atoms with Crippen LogP contribution in [0.4, 0.5) is 0 Å². The molecule has 0 N–H and O–H groups in total. The largest absolute Gasteiger partial charge is 0.298 e. The summed E-state index contributed by atoms with van der Waals surface area (Å²) in [7, 11) is 0. The molecule has 4 aromatic rings. The van der Waals surface area contributed by atoms with Gasteiger partial charge in [0.25, 0.3) is 0 Å². The quantitative estimate of drug-likeness (QED) is 0.348. The minimum Gasteiger partial charge on any atom is -0.298 e. The zero-order valence-corrected chi connectivity index (χ0v) is 17.6.